The zero-order chi connectivity index (χ0) is 14.3. The van der Waals surface area contributed by atoms with Gasteiger partial charge in [-0.3, -0.25) is 4.79 Å². The maximum absolute atomic E-state index is 13.6. The Kier molecular flexibility index (Phi) is 5.59. The molecule has 1 aromatic rings. The fourth-order valence-corrected chi connectivity index (χ4v) is 1.42. The zero-order valence-electron chi connectivity index (χ0n) is 10.5. The van der Waals surface area contributed by atoms with Crippen molar-refractivity contribution in [3.8, 4) is 5.75 Å². The second-order valence-electron chi connectivity index (χ2n) is 3.80. The smallest absolute Gasteiger partial charge is 0.254 e. The van der Waals surface area contributed by atoms with Crippen LogP contribution in [-0.4, -0.2) is 30.6 Å². The number of hydrogen-bond acceptors (Lipinski definition) is 4. The summed E-state index contributed by atoms with van der Waals surface area (Å²) in [5.41, 5.74) is 5.22. The average molecular weight is 269 g/mol. The van der Waals surface area contributed by atoms with Crippen LogP contribution in [0.1, 0.15) is 23.2 Å². The number of nitrogens with one attached hydrogen (secondary N) is 1. The number of rotatable bonds is 6. The van der Waals surface area contributed by atoms with Gasteiger partial charge in [-0.15, -0.1) is 0 Å². The molecule has 0 aliphatic rings. The SMILES string of the molecule is COc1ccc(C(=O)NCCC/C(N)=N/O)c(F)c1. The highest BCUT2D eigenvalue weighted by Crippen LogP contribution is 2.15. The Balaban J connectivity index is 2.50. The van der Waals surface area contributed by atoms with Crippen LogP contribution in [0.25, 0.3) is 0 Å². The number of amides is 1. The second kappa shape index (κ2) is 7.20. The molecule has 0 spiro atoms. The highest BCUT2D eigenvalue weighted by atomic mass is 19.1. The van der Waals surface area contributed by atoms with Crippen molar-refractivity contribution in [2.45, 2.75) is 12.8 Å². The van der Waals surface area contributed by atoms with E-state index in [9.17, 15) is 9.18 Å². The lowest BCUT2D eigenvalue weighted by Gasteiger charge is -2.07. The summed E-state index contributed by atoms with van der Waals surface area (Å²) >= 11 is 0. The van der Waals surface area contributed by atoms with Crippen molar-refractivity contribution in [3.05, 3.63) is 29.6 Å². The van der Waals surface area contributed by atoms with E-state index in [0.717, 1.165) is 6.07 Å². The molecule has 0 aliphatic carbocycles. The fraction of sp³-hybridized carbons (Fsp3) is 0.333. The van der Waals surface area contributed by atoms with Crippen molar-refractivity contribution in [1.29, 1.82) is 0 Å². The predicted molar refractivity (Wildman–Crippen MR) is 67.9 cm³/mol. The lowest BCUT2D eigenvalue weighted by atomic mass is 10.2. The largest absolute Gasteiger partial charge is 0.497 e. The molecule has 19 heavy (non-hydrogen) atoms. The molecule has 0 fully saturated rings. The Labute approximate surface area is 110 Å². The number of nitrogens with two attached hydrogens (primary N) is 1. The van der Waals surface area contributed by atoms with Crippen molar-refractivity contribution in [1.82, 2.24) is 5.32 Å². The Bertz CT molecular complexity index is 477. The molecule has 0 saturated carbocycles. The Morgan fingerprint density at radius 1 is 1.58 bits per heavy atom. The molecule has 1 amide bonds. The molecule has 1 rings (SSSR count). The van der Waals surface area contributed by atoms with Gasteiger partial charge in [-0.2, -0.15) is 0 Å². The van der Waals surface area contributed by atoms with Crippen molar-refractivity contribution < 1.29 is 19.1 Å². The number of benzene rings is 1. The zero-order valence-corrected chi connectivity index (χ0v) is 10.5. The van der Waals surface area contributed by atoms with Crippen molar-refractivity contribution in [2.75, 3.05) is 13.7 Å². The van der Waals surface area contributed by atoms with Crippen LogP contribution in [0.2, 0.25) is 0 Å². The number of carbonyl (C=O) groups excluding carboxylic acids is 1. The molecule has 1 aromatic carbocycles. The first kappa shape index (κ1) is 14.7. The number of hydrogen-bond donors (Lipinski definition) is 3. The van der Waals surface area contributed by atoms with Gasteiger partial charge in [0.25, 0.3) is 5.91 Å². The first-order valence-corrected chi connectivity index (χ1v) is 5.66. The number of methoxy groups -OCH3 is 1. The summed E-state index contributed by atoms with van der Waals surface area (Å²) in [5.74, 6) is -0.723. The van der Waals surface area contributed by atoms with E-state index in [2.05, 4.69) is 10.5 Å². The molecule has 0 heterocycles. The molecule has 6 nitrogen and oxygen atoms in total. The quantitative estimate of drug-likeness (QED) is 0.237. The molecule has 0 unspecified atom stereocenters. The number of oxime groups is 1. The van der Waals surface area contributed by atoms with Crippen LogP contribution in [-0.2, 0) is 0 Å². The number of nitrogens with zero attached hydrogens (tertiary/aromatic N) is 1. The van der Waals surface area contributed by atoms with E-state index in [1.54, 1.807) is 0 Å². The third-order valence-corrected chi connectivity index (χ3v) is 2.44. The standard InChI is InChI=1S/C12H16FN3O3/c1-19-8-4-5-9(10(13)7-8)12(17)15-6-2-3-11(14)16-18/h4-5,7,18H,2-3,6H2,1H3,(H2,14,16)(H,15,17). The topological polar surface area (TPSA) is 96.9 Å². The molecular formula is C12H16FN3O3. The average Bonchev–Trinajstić information content (AvgIpc) is 2.42. The molecule has 0 radical (unpaired) electrons. The minimum atomic E-state index is -0.645. The van der Waals surface area contributed by atoms with Crippen LogP contribution in [0.3, 0.4) is 0 Å². The normalized spacial score (nSPS) is 11.2. The summed E-state index contributed by atoms with van der Waals surface area (Å²) < 4.78 is 18.4. The summed E-state index contributed by atoms with van der Waals surface area (Å²) in [6.07, 6.45) is 0.848. The summed E-state index contributed by atoms with van der Waals surface area (Å²) in [5, 5.41) is 13.7. The van der Waals surface area contributed by atoms with Crippen molar-refractivity contribution in [2.24, 2.45) is 10.9 Å². The minimum Gasteiger partial charge on any atom is -0.497 e. The number of carbonyl (C=O) groups is 1. The molecule has 0 aromatic heterocycles. The first-order valence-electron chi connectivity index (χ1n) is 5.66. The molecule has 0 saturated heterocycles. The Morgan fingerprint density at radius 3 is 2.89 bits per heavy atom. The van der Waals surface area contributed by atoms with Gasteiger partial charge in [0.1, 0.15) is 17.4 Å². The van der Waals surface area contributed by atoms with Crippen LogP contribution in [0.15, 0.2) is 23.4 Å². The summed E-state index contributed by atoms with van der Waals surface area (Å²) in [6, 6.07) is 4.01. The van der Waals surface area contributed by atoms with E-state index < -0.39 is 11.7 Å². The molecule has 104 valence electrons. The molecule has 0 aliphatic heterocycles. The lowest BCUT2D eigenvalue weighted by Crippen LogP contribution is -2.26. The van der Waals surface area contributed by atoms with E-state index in [-0.39, 0.29) is 11.4 Å². The molecule has 4 N–H and O–H groups in total. The van der Waals surface area contributed by atoms with E-state index >= 15 is 0 Å². The van der Waals surface area contributed by atoms with Gasteiger partial charge in [0, 0.05) is 19.0 Å². The molecular weight excluding hydrogens is 253 g/mol. The van der Waals surface area contributed by atoms with Gasteiger partial charge in [-0.05, 0) is 18.6 Å². The highest BCUT2D eigenvalue weighted by molar-refractivity contribution is 5.94. The first-order chi connectivity index (χ1) is 9.08. The van der Waals surface area contributed by atoms with Crippen LogP contribution in [0.4, 0.5) is 4.39 Å². The monoisotopic (exact) mass is 269 g/mol. The maximum atomic E-state index is 13.6. The van der Waals surface area contributed by atoms with Crippen LogP contribution in [0, 0.1) is 5.82 Å². The van der Waals surface area contributed by atoms with Crippen molar-refractivity contribution >= 4 is 11.7 Å². The number of amidine groups is 1. The molecule has 0 atom stereocenters. The fourth-order valence-electron chi connectivity index (χ4n) is 1.42. The molecule has 0 bridgehead atoms. The van der Waals surface area contributed by atoms with E-state index in [4.69, 9.17) is 15.7 Å². The summed E-state index contributed by atoms with van der Waals surface area (Å²) in [4.78, 5) is 11.7. The van der Waals surface area contributed by atoms with E-state index in [1.807, 2.05) is 0 Å². The lowest BCUT2D eigenvalue weighted by molar-refractivity contribution is 0.0949. The van der Waals surface area contributed by atoms with Gasteiger partial charge in [0.2, 0.25) is 0 Å². The summed E-state index contributed by atoms with van der Waals surface area (Å²) in [6.45, 7) is 0.306. The summed E-state index contributed by atoms with van der Waals surface area (Å²) in [7, 11) is 1.42. The van der Waals surface area contributed by atoms with Crippen LogP contribution < -0.4 is 15.8 Å². The van der Waals surface area contributed by atoms with Gasteiger partial charge in [-0.25, -0.2) is 4.39 Å². The van der Waals surface area contributed by atoms with Crippen molar-refractivity contribution in [3.63, 3.8) is 0 Å². The van der Waals surface area contributed by atoms with Gasteiger partial charge in [0.15, 0.2) is 0 Å². The van der Waals surface area contributed by atoms with Crippen LogP contribution in [0.5, 0.6) is 5.75 Å². The predicted octanol–water partition coefficient (Wildman–Crippen LogP) is 1.09. The van der Waals surface area contributed by atoms with Gasteiger partial charge in [-0.1, -0.05) is 5.16 Å². The molecule has 7 heteroatoms. The minimum absolute atomic E-state index is 0.0513. The van der Waals surface area contributed by atoms with E-state index in [0.29, 0.717) is 25.1 Å². The third kappa shape index (κ3) is 4.46. The third-order valence-electron chi connectivity index (χ3n) is 2.44. The number of halogens is 1. The maximum Gasteiger partial charge on any atom is 0.254 e. The van der Waals surface area contributed by atoms with E-state index in [1.165, 1.54) is 19.2 Å². The van der Waals surface area contributed by atoms with Gasteiger partial charge >= 0.3 is 0 Å². The number of ether oxygens (including phenoxy) is 1. The van der Waals surface area contributed by atoms with Gasteiger partial charge in [0.05, 0.1) is 12.7 Å². The highest BCUT2D eigenvalue weighted by Gasteiger charge is 2.11. The second-order valence-corrected chi connectivity index (χ2v) is 3.80. The van der Waals surface area contributed by atoms with Crippen LogP contribution >= 0.6 is 0 Å². The Morgan fingerprint density at radius 2 is 2.32 bits per heavy atom. The Hall–Kier alpha value is -2.31. The van der Waals surface area contributed by atoms with Gasteiger partial charge < -0.3 is 21.0 Å².